The zero-order valence-electron chi connectivity index (χ0n) is 12.1. The first-order valence-corrected chi connectivity index (χ1v) is 7.25. The Kier molecular flexibility index (Phi) is 4.81. The molecule has 1 N–H and O–H groups in total. The van der Waals surface area contributed by atoms with Crippen molar-refractivity contribution in [3.8, 4) is 5.75 Å². The maximum absolute atomic E-state index is 13.4. The van der Waals surface area contributed by atoms with Crippen molar-refractivity contribution in [2.24, 2.45) is 5.92 Å². The molecule has 1 saturated carbocycles. The predicted molar refractivity (Wildman–Crippen MR) is 75.9 cm³/mol. The van der Waals surface area contributed by atoms with E-state index < -0.39 is 0 Å². The van der Waals surface area contributed by atoms with Crippen LogP contribution in [0, 0.1) is 11.7 Å². The van der Waals surface area contributed by atoms with Crippen LogP contribution in [0.3, 0.4) is 0 Å². The van der Waals surface area contributed by atoms with E-state index in [2.05, 4.69) is 12.2 Å². The van der Waals surface area contributed by atoms with E-state index in [9.17, 15) is 4.39 Å². The second kappa shape index (κ2) is 6.38. The van der Waals surface area contributed by atoms with Crippen LogP contribution in [-0.4, -0.2) is 13.2 Å². The topological polar surface area (TPSA) is 21.3 Å². The number of nitrogens with one attached hydrogen (secondary N) is 1. The van der Waals surface area contributed by atoms with E-state index in [1.54, 1.807) is 12.1 Å². The summed E-state index contributed by atoms with van der Waals surface area (Å²) in [7, 11) is 1.88. The average molecular weight is 265 g/mol. The second-order valence-electron chi connectivity index (χ2n) is 5.61. The molecule has 0 aliphatic heterocycles. The van der Waals surface area contributed by atoms with Crippen molar-refractivity contribution in [3.63, 3.8) is 0 Å². The first kappa shape index (κ1) is 14.3. The highest BCUT2D eigenvalue weighted by atomic mass is 19.1. The molecular formula is C16H24FNO. The summed E-state index contributed by atoms with van der Waals surface area (Å²) in [5, 5.41) is 3.15. The minimum atomic E-state index is -0.207. The molecule has 0 aromatic heterocycles. The van der Waals surface area contributed by atoms with Crippen molar-refractivity contribution in [1.29, 1.82) is 0 Å². The molecule has 0 radical (unpaired) electrons. The van der Waals surface area contributed by atoms with Crippen LogP contribution in [-0.2, 0) is 0 Å². The largest absolute Gasteiger partial charge is 0.490 e. The van der Waals surface area contributed by atoms with Crippen molar-refractivity contribution in [2.75, 3.05) is 7.05 Å². The molecule has 1 aromatic carbocycles. The van der Waals surface area contributed by atoms with Crippen LogP contribution in [0.2, 0.25) is 0 Å². The fraction of sp³-hybridized carbons (Fsp3) is 0.625. The van der Waals surface area contributed by atoms with Crippen LogP contribution >= 0.6 is 0 Å². The predicted octanol–water partition coefficient (Wildman–Crippen LogP) is 4.06. The second-order valence-corrected chi connectivity index (χ2v) is 5.61. The van der Waals surface area contributed by atoms with E-state index in [-0.39, 0.29) is 18.0 Å². The Morgan fingerprint density at radius 1 is 1.32 bits per heavy atom. The maximum Gasteiger partial charge on any atom is 0.124 e. The molecule has 0 heterocycles. The van der Waals surface area contributed by atoms with Gasteiger partial charge in [0.25, 0.3) is 0 Å². The van der Waals surface area contributed by atoms with Crippen molar-refractivity contribution < 1.29 is 9.13 Å². The van der Waals surface area contributed by atoms with E-state index in [1.807, 2.05) is 14.0 Å². The minimum Gasteiger partial charge on any atom is -0.490 e. The Morgan fingerprint density at radius 3 is 2.74 bits per heavy atom. The first-order valence-electron chi connectivity index (χ1n) is 7.25. The summed E-state index contributed by atoms with van der Waals surface area (Å²) in [4.78, 5) is 0. The first-order chi connectivity index (χ1) is 9.11. The lowest BCUT2D eigenvalue weighted by molar-refractivity contribution is 0.101. The standard InChI is InChI=1S/C16H24FNO/c1-11-6-4-5-7-15(11)19-16-9-8-13(17)10-14(16)12(2)18-3/h8-12,15,18H,4-7H2,1-3H3. The lowest BCUT2D eigenvalue weighted by Crippen LogP contribution is -2.29. The molecule has 0 bridgehead atoms. The molecule has 1 aromatic rings. The SMILES string of the molecule is CNC(C)c1cc(F)ccc1OC1CCCCC1C. The quantitative estimate of drug-likeness (QED) is 0.886. The number of hydrogen-bond acceptors (Lipinski definition) is 2. The average Bonchev–Trinajstić information content (AvgIpc) is 2.42. The molecule has 1 aliphatic rings. The third-order valence-corrected chi connectivity index (χ3v) is 4.18. The lowest BCUT2D eigenvalue weighted by atomic mass is 9.88. The summed E-state index contributed by atoms with van der Waals surface area (Å²) < 4.78 is 19.6. The van der Waals surface area contributed by atoms with Crippen molar-refractivity contribution >= 4 is 0 Å². The van der Waals surface area contributed by atoms with Gasteiger partial charge in [0.1, 0.15) is 17.7 Å². The van der Waals surface area contributed by atoms with Gasteiger partial charge < -0.3 is 10.1 Å². The van der Waals surface area contributed by atoms with E-state index in [1.165, 1.54) is 25.3 Å². The van der Waals surface area contributed by atoms with Gasteiger partial charge in [-0.25, -0.2) is 4.39 Å². The van der Waals surface area contributed by atoms with Crippen LogP contribution < -0.4 is 10.1 Å². The highest BCUT2D eigenvalue weighted by molar-refractivity contribution is 5.36. The maximum atomic E-state index is 13.4. The zero-order valence-corrected chi connectivity index (χ0v) is 12.1. The molecule has 0 amide bonds. The molecule has 19 heavy (non-hydrogen) atoms. The number of ether oxygens (including phenoxy) is 1. The zero-order chi connectivity index (χ0) is 13.8. The van der Waals surface area contributed by atoms with E-state index >= 15 is 0 Å². The molecule has 2 nitrogen and oxygen atoms in total. The number of hydrogen-bond donors (Lipinski definition) is 1. The Balaban J connectivity index is 2.18. The van der Waals surface area contributed by atoms with E-state index in [0.717, 1.165) is 17.7 Å². The normalized spacial score (nSPS) is 25.1. The van der Waals surface area contributed by atoms with Crippen molar-refractivity contribution in [1.82, 2.24) is 5.32 Å². The summed E-state index contributed by atoms with van der Waals surface area (Å²) in [6, 6.07) is 4.91. The van der Waals surface area contributed by atoms with E-state index in [4.69, 9.17) is 4.74 Å². The minimum absolute atomic E-state index is 0.0876. The Bertz CT molecular complexity index is 421. The third kappa shape index (κ3) is 3.47. The molecule has 0 saturated heterocycles. The van der Waals surface area contributed by atoms with Gasteiger partial charge >= 0.3 is 0 Å². The highest BCUT2D eigenvalue weighted by Gasteiger charge is 2.24. The fourth-order valence-electron chi connectivity index (χ4n) is 2.74. The monoisotopic (exact) mass is 265 g/mol. The summed E-state index contributed by atoms with van der Waals surface area (Å²) in [5.41, 5.74) is 0.903. The molecule has 106 valence electrons. The van der Waals surface area contributed by atoms with Crippen LogP contribution in [0.1, 0.15) is 51.1 Å². The number of halogens is 1. The Labute approximate surface area is 115 Å². The molecule has 1 aliphatic carbocycles. The molecule has 3 heteroatoms. The van der Waals surface area contributed by atoms with Gasteiger partial charge in [-0.2, -0.15) is 0 Å². The van der Waals surface area contributed by atoms with Gasteiger partial charge in [-0.1, -0.05) is 13.3 Å². The summed E-state index contributed by atoms with van der Waals surface area (Å²) in [5.74, 6) is 1.19. The van der Waals surface area contributed by atoms with Crippen LogP contribution in [0.15, 0.2) is 18.2 Å². The molecule has 3 unspecified atom stereocenters. The van der Waals surface area contributed by atoms with Crippen molar-refractivity contribution in [2.45, 2.75) is 51.7 Å². The van der Waals surface area contributed by atoms with Crippen LogP contribution in [0.25, 0.3) is 0 Å². The molecule has 0 spiro atoms. The summed E-state index contributed by atoms with van der Waals surface area (Å²) >= 11 is 0. The smallest absolute Gasteiger partial charge is 0.124 e. The number of rotatable bonds is 4. The molecular weight excluding hydrogens is 241 g/mol. The molecule has 1 fully saturated rings. The van der Waals surface area contributed by atoms with Crippen LogP contribution in [0.4, 0.5) is 4.39 Å². The Hall–Kier alpha value is -1.09. The van der Waals surface area contributed by atoms with Gasteiger partial charge in [0, 0.05) is 11.6 Å². The Morgan fingerprint density at radius 2 is 2.05 bits per heavy atom. The van der Waals surface area contributed by atoms with Crippen LogP contribution in [0.5, 0.6) is 5.75 Å². The lowest BCUT2D eigenvalue weighted by Gasteiger charge is -2.30. The molecule has 2 rings (SSSR count). The van der Waals surface area contributed by atoms with Crippen molar-refractivity contribution in [3.05, 3.63) is 29.6 Å². The van der Waals surface area contributed by atoms with Gasteiger partial charge in [-0.15, -0.1) is 0 Å². The van der Waals surface area contributed by atoms with Gasteiger partial charge in [0.15, 0.2) is 0 Å². The summed E-state index contributed by atoms with van der Waals surface area (Å²) in [6.45, 7) is 4.26. The van der Waals surface area contributed by atoms with E-state index in [0.29, 0.717) is 5.92 Å². The third-order valence-electron chi connectivity index (χ3n) is 4.18. The van der Waals surface area contributed by atoms with Gasteiger partial charge in [0.2, 0.25) is 0 Å². The number of benzene rings is 1. The fourth-order valence-corrected chi connectivity index (χ4v) is 2.74. The van der Waals surface area contributed by atoms with Gasteiger partial charge in [-0.05, 0) is 57.4 Å². The van der Waals surface area contributed by atoms with Gasteiger partial charge in [-0.3, -0.25) is 0 Å². The van der Waals surface area contributed by atoms with Gasteiger partial charge in [0.05, 0.1) is 0 Å². The summed E-state index contributed by atoms with van der Waals surface area (Å²) in [6.07, 6.45) is 5.12. The highest BCUT2D eigenvalue weighted by Crippen LogP contribution is 2.32. The molecule has 3 atom stereocenters.